The number of carbonyl (C=O) groups excluding carboxylic acids is 3. The second-order valence-corrected chi connectivity index (χ2v) is 5.92. The molecule has 140 valence electrons. The van der Waals surface area contributed by atoms with Crippen LogP contribution in [0.4, 0.5) is 5.69 Å². The van der Waals surface area contributed by atoms with Crippen molar-refractivity contribution >= 4 is 23.4 Å². The highest BCUT2D eigenvalue weighted by Gasteiger charge is 2.28. The van der Waals surface area contributed by atoms with E-state index in [1.807, 2.05) is 0 Å². The lowest BCUT2D eigenvalue weighted by Gasteiger charge is -2.35. The summed E-state index contributed by atoms with van der Waals surface area (Å²) >= 11 is 0. The van der Waals surface area contributed by atoms with Gasteiger partial charge in [0.15, 0.2) is 0 Å². The van der Waals surface area contributed by atoms with Gasteiger partial charge in [0, 0.05) is 39.0 Å². The molecule has 1 aliphatic heterocycles. The lowest BCUT2D eigenvalue weighted by Crippen LogP contribution is -2.52. The minimum atomic E-state index is -0.522. The van der Waals surface area contributed by atoms with E-state index in [-0.39, 0.29) is 23.1 Å². The van der Waals surface area contributed by atoms with Gasteiger partial charge in [0.05, 0.1) is 5.56 Å². The van der Waals surface area contributed by atoms with E-state index in [9.17, 15) is 19.5 Å². The number of anilines is 1. The Morgan fingerprint density at radius 1 is 1.23 bits per heavy atom. The van der Waals surface area contributed by atoms with Crippen molar-refractivity contribution in [1.82, 2.24) is 9.80 Å². The first-order chi connectivity index (χ1) is 12.4. The van der Waals surface area contributed by atoms with Crippen molar-refractivity contribution in [3.8, 4) is 5.75 Å². The summed E-state index contributed by atoms with van der Waals surface area (Å²) in [5, 5.41) is 12.6. The fourth-order valence-corrected chi connectivity index (χ4v) is 2.64. The van der Waals surface area contributed by atoms with Crippen LogP contribution in [0, 0.1) is 0 Å². The van der Waals surface area contributed by atoms with E-state index in [0.717, 1.165) is 6.08 Å². The predicted octanol–water partition coefficient (Wildman–Crippen LogP) is 0.836. The number of benzene rings is 1. The standard InChI is InChI=1S/C18H23N3O5/c1-4-16(23)19-13-5-6-15(22)14(11-13)18(25)21-9-7-20(8-10-21)17(24)12(2)26-3/h4-6,11-12,22H,1,7-10H2,2-3H3,(H,19,23). The van der Waals surface area contributed by atoms with Gasteiger partial charge in [-0.15, -0.1) is 0 Å². The fourth-order valence-electron chi connectivity index (χ4n) is 2.64. The van der Waals surface area contributed by atoms with Gasteiger partial charge in [0.1, 0.15) is 11.9 Å². The van der Waals surface area contributed by atoms with Gasteiger partial charge in [-0.2, -0.15) is 0 Å². The first kappa shape index (κ1) is 19.5. The number of piperazine rings is 1. The molecule has 0 bridgehead atoms. The number of ether oxygens (including phenoxy) is 1. The Labute approximate surface area is 152 Å². The maximum Gasteiger partial charge on any atom is 0.257 e. The molecule has 1 aromatic carbocycles. The van der Waals surface area contributed by atoms with Crippen LogP contribution < -0.4 is 5.32 Å². The molecule has 1 unspecified atom stereocenters. The summed E-state index contributed by atoms with van der Waals surface area (Å²) in [5.41, 5.74) is 0.482. The minimum absolute atomic E-state index is 0.0944. The molecule has 2 rings (SSSR count). The molecule has 1 atom stereocenters. The summed E-state index contributed by atoms with van der Waals surface area (Å²) < 4.78 is 5.03. The largest absolute Gasteiger partial charge is 0.507 e. The molecule has 3 amide bonds. The second-order valence-electron chi connectivity index (χ2n) is 5.92. The van der Waals surface area contributed by atoms with Crippen LogP contribution in [-0.4, -0.2) is 72.0 Å². The van der Waals surface area contributed by atoms with Gasteiger partial charge in [-0.3, -0.25) is 14.4 Å². The van der Waals surface area contributed by atoms with Crippen LogP contribution >= 0.6 is 0 Å². The quantitative estimate of drug-likeness (QED) is 0.598. The van der Waals surface area contributed by atoms with Crippen LogP contribution in [0.3, 0.4) is 0 Å². The highest BCUT2D eigenvalue weighted by molar-refractivity contribution is 6.02. The van der Waals surface area contributed by atoms with Crippen LogP contribution in [0.25, 0.3) is 0 Å². The highest BCUT2D eigenvalue weighted by Crippen LogP contribution is 2.24. The number of hydrogen-bond acceptors (Lipinski definition) is 5. The zero-order chi connectivity index (χ0) is 19.3. The smallest absolute Gasteiger partial charge is 0.257 e. The van der Waals surface area contributed by atoms with Gasteiger partial charge in [0.25, 0.3) is 11.8 Å². The Bertz CT molecular complexity index is 711. The van der Waals surface area contributed by atoms with E-state index >= 15 is 0 Å². The molecule has 1 aromatic rings. The first-order valence-electron chi connectivity index (χ1n) is 8.24. The van der Waals surface area contributed by atoms with Crippen molar-refractivity contribution in [2.45, 2.75) is 13.0 Å². The number of rotatable bonds is 5. The van der Waals surface area contributed by atoms with E-state index in [2.05, 4.69) is 11.9 Å². The van der Waals surface area contributed by atoms with E-state index in [1.165, 1.54) is 25.3 Å². The molecule has 1 aliphatic rings. The molecule has 8 nitrogen and oxygen atoms in total. The third kappa shape index (κ3) is 4.40. The zero-order valence-electron chi connectivity index (χ0n) is 14.9. The molecule has 2 N–H and O–H groups in total. The van der Waals surface area contributed by atoms with Gasteiger partial charge in [-0.25, -0.2) is 0 Å². The van der Waals surface area contributed by atoms with Gasteiger partial charge in [-0.1, -0.05) is 6.58 Å². The lowest BCUT2D eigenvalue weighted by atomic mass is 10.1. The fraction of sp³-hybridized carbons (Fsp3) is 0.389. The molecule has 0 aliphatic carbocycles. The third-order valence-electron chi connectivity index (χ3n) is 4.26. The minimum Gasteiger partial charge on any atom is -0.507 e. The molecule has 8 heteroatoms. The van der Waals surface area contributed by atoms with Crippen molar-refractivity contribution in [3.05, 3.63) is 36.4 Å². The van der Waals surface area contributed by atoms with Crippen molar-refractivity contribution < 1.29 is 24.2 Å². The number of amides is 3. The maximum absolute atomic E-state index is 12.7. The highest BCUT2D eigenvalue weighted by atomic mass is 16.5. The lowest BCUT2D eigenvalue weighted by molar-refractivity contribution is -0.142. The van der Waals surface area contributed by atoms with Gasteiger partial charge < -0.3 is 25.0 Å². The average Bonchev–Trinajstić information content (AvgIpc) is 2.67. The third-order valence-corrected chi connectivity index (χ3v) is 4.26. The summed E-state index contributed by atoms with van der Waals surface area (Å²) in [6, 6.07) is 4.27. The monoisotopic (exact) mass is 361 g/mol. The summed E-state index contributed by atoms with van der Waals surface area (Å²) in [6.45, 7) is 6.54. The van der Waals surface area contributed by atoms with Crippen molar-refractivity contribution in [3.63, 3.8) is 0 Å². The Hall–Kier alpha value is -2.87. The molecule has 1 saturated heterocycles. The molecule has 1 heterocycles. The van der Waals surface area contributed by atoms with Crippen molar-refractivity contribution in [2.75, 3.05) is 38.6 Å². The predicted molar refractivity (Wildman–Crippen MR) is 95.9 cm³/mol. The van der Waals surface area contributed by atoms with Gasteiger partial charge >= 0.3 is 0 Å². The van der Waals surface area contributed by atoms with Crippen LogP contribution in [0.5, 0.6) is 5.75 Å². The van der Waals surface area contributed by atoms with Gasteiger partial charge in [0.2, 0.25) is 5.91 Å². The number of carbonyl (C=O) groups is 3. The topological polar surface area (TPSA) is 99.2 Å². The van der Waals surface area contributed by atoms with Crippen LogP contribution in [0.2, 0.25) is 0 Å². The molecule has 26 heavy (non-hydrogen) atoms. The van der Waals surface area contributed by atoms with E-state index < -0.39 is 12.0 Å². The average molecular weight is 361 g/mol. The number of aromatic hydroxyl groups is 1. The van der Waals surface area contributed by atoms with Gasteiger partial charge in [-0.05, 0) is 31.2 Å². The van der Waals surface area contributed by atoms with Crippen molar-refractivity contribution in [1.29, 1.82) is 0 Å². The number of nitrogens with one attached hydrogen (secondary N) is 1. The molecule has 0 aromatic heterocycles. The first-order valence-corrected chi connectivity index (χ1v) is 8.24. The number of phenols is 1. The normalized spacial score (nSPS) is 15.3. The Balaban J connectivity index is 2.06. The van der Waals surface area contributed by atoms with E-state index in [4.69, 9.17) is 4.74 Å². The summed E-state index contributed by atoms with van der Waals surface area (Å²) in [5.74, 6) is -1.05. The van der Waals surface area contributed by atoms with Crippen LogP contribution in [0.15, 0.2) is 30.9 Å². The van der Waals surface area contributed by atoms with E-state index in [1.54, 1.807) is 16.7 Å². The SMILES string of the molecule is C=CC(=O)Nc1ccc(O)c(C(=O)N2CCN(C(=O)C(C)OC)CC2)c1. The summed E-state index contributed by atoms with van der Waals surface area (Å²) in [6.07, 6.45) is 0.595. The summed E-state index contributed by atoms with van der Waals surface area (Å²) in [7, 11) is 1.48. The molecular formula is C18H23N3O5. The number of nitrogens with zero attached hydrogens (tertiary/aromatic N) is 2. The van der Waals surface area contributed by atoms with E-state index in [0.29, 0.717) is 31.9 Å². The Morgan fingerprint density at radius 3 is 2.42 bits per heavy atom. The molecule has 1 fully saturated rings. The number of phenolic OH excluding ortho intramolecular Hbond substituents is 1. The Morgan fingerprint density at radius 2 is 1.85 bits per heavy atom. The van der Waals surface area contributed by atoms with Crippen molar-refractivity contribution in [2.24, 2.45) is 0 Å². The molecular weight excluding hydrogens is 338 g/mol. The molecule has 0 spiro atoms. The Kier molecular flexibility index (Phi) is 6.35. The zero-order valence-corrected chi connectivity index (χ0v) is 14.9. The van der Waals surface area contributed by atoms with Crippen LogP contribution in [0.1, 0.15) is 17.3 Å². The molecule has 0 radical (unpaired) electrons. The number of hydrogen-bond donors (Lipinski definition) is 2. The van der Waals surface area contributed by atoms with Crippen LogP contribution in [-0.2, 0) is 14.3 Å². The number of methoxy groups -OCH3 is 1. The second kappa shape index (κ2) is 8.48. The molecule has 0 saturated carbocycles. The maximum atomic E-state index is 12.7. The summed E-state index contributed by atoms with van der Waals surface area (Å²) in [4.78, 5) is 39.4.